The Hall–Kier alpha value is -3.08. The molecule has 0 bridgehead atoms. The largest absolute Gasteiger partial charge is 0.506 e. The Kier molecular flexibility index (Phi) is 4.64. The third kappa shape index (κ3) is 2.84. The fraction of sp³-hybridized carbons (Fsp3) is 0.167. The normalized spacial score (nSPS) is 11.2. The summed E-state index contributed by atoms with van der Waals surface area (Å²) in [6.45, 7) is 1.88. The molecule has 0 heterocycles. The minimum atomic E-state index is -0.805. The summed E-state index contributed by atoms with van der Waals surface area (Å²) in [5.41, 5.74) is -1.31. The number of carbonyl (C=O) groups is 1. The fourth-order valence-electron chi connectivity index (χ4n) is 1.42. The minimum absolute atomic E-state index is 0.197. The molecule has 8 nitrogen and oxygen atoms in total. The third-order valence-corrected chi connectivity index (χ3v) is 2.35. The first kappa shape index (κ1) is 15.0. The zero-order chi connectivity index (χ0) is 15.3. The van der Waals surface area contributed by atoms with Crippen molar-refractivity contribution in [1.29, 1.82) is 5.26 Å². The van der Waals surface area contributed by atoms with Gasteiger partial charge in [-0.2, -0.15) is 5.26 Å². The van der Waals surface area contributed by atoms with Crippen LogP contribution in [-0.2, 0) is 4.79 Å². The number of nitrogens with one attached hydrogen (secondary N) is 1. The number of nitrogens with zero attached hydrogens (tertiary/aromatic N) is 2. The molecule has 0 aliphatic rings. The smallest absolute Gasteiger partial charge is 0.265 e. The van der Waals surface area contributed by atoms with E-state index < -0.39 is 34.4 Å². The van der Waals surface area contributed by atoms with Crippen molar-refractivity contribution >= 4 is 17.4 Å². The maximum Gasteiger partial charge on any atom is 0.265 e. The highest BCUT2D eigenvalue weighted by Gasteiger charge is 2.19. The first-order valence-corrected chi connectivity index (χ1v) is 5.47. The van der Waals surface area contributed by atoms with Crippen molar-refractivity contribution in [3.8, 4) is 17.6 Å². The summed E-state index contributed by atoms with van der Waals surface area (Å²) in [6, 6.07) is 3.36. The molecule has 0 fully saturated rings. The van der Waals surface area contributed by atoms with Gasteiger partial charge >= 0.3 is 0 Å². The molecule has 1 amide bonds. The van der Waals surface area contributed by atoms with E-state index in [0.29, 0.717) is 0 Å². The lowest BCUT2D eigenvalue weighted by atomic mass is 10.1. The average Bonchev–Trinajstić information content (AvgIpc) is 2.42. The van der Waals surface area contributed by atoms with E-state index in [4.69, 9.17) is 5.26 Å². The van der Waals surface area contributed by atoms with E-state index in [0.717, 1.165) is 12.1 Å². The number of rotatable bonds is 4. The molecule has 0 spiro atoms. The number of aliphatic hydroxyl groups is 1. The number of nitroso groups, excluding NO2 is 1. The molecule has 20 heavy (non-hydrogen) atoms. The topological polar surface area (TPSA) is 143 Å². The molecule has 0 aliphatic carbocycles. The van der Waals surface area contributed by atoms with Crippen molar-refractivity contribution in [3.63, 3.8) is 0 Å². The standard InChI is InChI=1S/C12H11N3O5/c1-2-14-12(19)7(5-13)10(17)6-3-8(15-20)11(18)9(16)4-6/h3-4,16-18H,2H2,1H3,(H,14,19)/b10-7-. The molecular formula is C12H11N3O5. The van der Waals surface area contributed by atoms with Crippen LogP contribution < -0.4 is 5.32 Å². The predicted molar refractivity (Wildman–Crippen MR) is 69.1 cm³/mol. The molecular weight excluding hydrogens is 266 g/mol. The van der Waals surface area contributed by atoms with Gasteiger partial charge in [-0.1, -0.05) is 0 Å². The van der Waals surface area contributed by atoms with Crippen LogP contribution in [-0.4, -0.2) is 27.8 Å². The van der Waals surface area contributed by atoms with Gasteiger partial charge in [-0.15, -0.1) is 4.91 Å². The van der Waals surface area contributed by atoms with E-state index in [9.17, 15) is 25.0 Å². The van der Waals surface area contributed by atoms with Crippen molar-refractivity contribution in [2.24, 2.45) is 5.18 Å². The Balaban J connectivity index is 3.42. The van der Waals surface area contributed by atoms with E-state index in [1.165, 1.54) is 6.07 Å². The molecule has 0 atom stereocenters. The van der Waals surface area contributed by atoms with Gasteiger partial charge in [-0.05, 0) is 24.2 Å². The van der Waals surface area contributed by atoms with Gasteiger partial charge in [0, 0.05) is 12.1 Å². The van der Waals surface area contributed by atoms with Crippen LogP contribution in [0, 0.1) is 16.2 Å². The number of amides is 1. The summed E-state index contributed by atoms with van der Waals surface area (Å²) in [7, 11) is 0. The summed E-state index contributed by atoms with van der Waals surface area (Å²) in [5, 5.41) is 42.2. The van der Waals surface area contributed by atoms with E-state index in [1.807, 2.05) is 0 Å². The van der Waals surface area contributed by atoms with Crippen molar-refractivity contribution < 1.29 is 20.1 Å². The molecule has 0 saturated carbocycles. The van der Waals surface area contributed by atoms with Gasteiger partial charge in [0.05, 0.1) is 0 Å². The van der Waals surface area contributed by atoms with Crippen molar-refractivity contribution in [3.05, 3.63) is 28.2 Å². The van der Waals surface area contributed by atoms with Crippen LogP contribution in [0.5, 0.6) is 11.5 Å². The van der Waals surface area contributed by atoms with Gasteiger partial charge in [-0.3, -0.25) is 4.79 Å². The van der Waals surface area contributed by atoms with Crippen molar-refractivity contribution in [2.75, 3.05) is 6.54 Å². The van der Waals surface area contributed by atoms with E-state index >= 15 is 0 Å². The number of carbonyl (C=O) groups excluding carboxylic acids is 1. The summed E-state index contributed by atoms with van der Waals surface area (Å²) >= 11 is 0. The van der Waals surface area contributed by atoms with Crippen LogP contribution in [0.15, 0.2) is 22.9 Å². The van der Waals surface area contributed by atoms with Crippen LogP contribution in [0.4, 0.5) is 5.69 Å². The number of aliphatic hydroxyl groups excluding tert-OH is 1. The number of likely N-dealkylation sites (N-methyl/N-ethyl adjacent to an activating group) is 1. The Bertz CT molecular complexity index is 631. The first-order valence-electron chi connectivity index (χ1n) is 5.47. The van der Waals surface area contributed by atoms with E-state index in [1.54, 1.807) is 6.92 Å². The second-order valence-electron chi connectivity index (χ2n) is 3.65. The molecule has 1 aromatic carbocycles. The lowest BCUT2D eigenvalue weighted by Gasteiger charge is -2.07. The molecule has 0 saturated heterocycles. The molecule has 0 aliphatic heterocycles. The van der Waals surface area contributed by atoms with Crippen LogP contribution >= 0.6 is 0 Å². The van der Waals surface area contributed by atoms with Crippen molar-refractivity contribution in [1.82, 2.24) is 5.32 Å². The second-order valence-corrected chi connectivity index (χ2v) is 3.65. The number of aromatic hydroxyl groups is 2. The van der Waals surface area contributed by atoms with Gasteiger partial charge in [0.15, 0.2) is 22.8 Å². The number of phenolic OH excluding ortho intramolecular Hbond substituents is 2. The van der Waals surface area contributed by atoms with Gasteiger partial charge in [-0.25, -0.2) is 0 Å². The van der Waals surface area contributed by atoms with Gasteiger partial charge in [0.1, 0.15) is 11.8 Å². The van der Waals surface area contributed by atoms with Crippen LogP contribution in [0.3, 0.4) is 0 Å². The number of benzene rings is 1. The number of hydrogen-bond donors (Lipinski definition) is 4. The van der Waals surface area contributed by atoms with Gasteiger partial charge in [0.25, 0.3) is 5.91 Å². The zero-order valence-corrected chi connectivity index (χ0v) is 10.4. The highest BCUT2D eigenvalue weighted by molar-refractivity contribution is 6.03. The molecule has 4 N–H and O–H groups in total. The van der Waals surface area contributed by atoms with E-state index in [-0.39, 0.29) is 12.1 Å². The Morgan fingerprint density at radius 1 is 1.45 bits per heavy atom. The highest BCUT2D eigenvalue weighted by atomic mass is 16.3. The third-order valence-electron chi connectivity index (χ3n) is 2.35. The van der Waals surface area contributed by atoms with Crippen LogP contribution in [0.2, 0.25) is 0 Å². The SMILES string of the molecule is CCNC(=O)/C(C#N)=C(\O)c1cc(O)c(O)c(N=O)c1. The maximum atomic E-state index is 11.5. The number of nitriles is 1. The van der Waals surface area contributed by atoms with Crippen LogP contribution in [0.25, 0.3) is 5.76 Å². The molecule has 104 valence electrons. The summed E-state index contributed by atoms with van der Waals surface area (Å²) in [4.78, 5) is 22.0. The number of hydrogen-bond acceptors (Lipinski definition) is 7. The molecule has 1 rings (SSSR count). The quantitative estimate of drug-likeness (QED) is 0.215. The molecule has 1 aromatic rings. The summed E-state index contributed by atoms with van der Waals surface area (Å²) in [5.74, 6) is -3.01. The van der Waals surface area contributed by atoms with E-state index in [2.05, 4.69) is 10.5 Å². The molecule has 0 unspecified atom stereocenters. The Morgan fingerprint density at radius 3 is 2.60 bits per heavy atom. The van der Waals surface area contributed by atoms with Crippen molar-refractivity contribution in [2.45, 2.75) is 6.92 Å². The predicted octanol–water partition coefficient (Wildman–Crippen LogP) is 1.42. The van der Waals surface area contributed by atoms with Gasteiger partial charge in [0.2, 0.25) is 0 Å². The minimum Gasteiger partial charge on any atom is -0.506 e. The zero-order valence-electron chi connectivity index (χ0n) is 10.4. The molecule has 8 heteroatoms. The molecule has 0 aromatic heterocycles. The molecule has 0 radical (unpaired) electrons. The second kappa shape index (κ2) is 6.19. The monoisotopic (exact) mass is 277 g/mol. The Labute approximate surface area is 113 Å². The summed E-state index contributed by atoms with van der Waals surface area (Å²) < 4.78 is 0. The highest BCUT2D eigenvalue weighted by Crippen LogP contribution is 2.38. The number of phenols is 2. The van der Waals surface area contributed by atoms with Gasteiger partial charge < -0.3 is 20.6 Å². The van der Waals surface area contributed by atoms with Crippen LogP contribution in [0.1, 0.15) is 12.5 Å². The lowest BCUT2D eigenvalue weighted by molar-refractivity contribution is -0.117. The Morgan fingerprint density at radius 2 is 2.10 bits per heavy atom. The maximum absolute atomic E-state index is 11.5. The summed E-state index contributed by atoms with van der Waals surface area (Å²) in [6.07, 6.45) is 0. The first-order chi connectivity index (χ1) is 9.46. The lowest BCUT2D eigenvalue weighted by Crippen LogP contribution is -2.24. The fourth-order valence-corrected chi connectivity index (χ4v) is 1.42. The average molecular weight is 277 g/mol.